The molecular formula is C38H24N2O. The fraction of sp³-hybridized carbons (Fsp3) is 0. The van der Waals surface area contributed by atoms with E-state index in [1.54, 1.807) is 0 Å². The first-order valence-electron chi connectivity index (χ1n) is 23.8. The number of aromatic nitrogens is 2. The van der Waals surface area contributed by atoms with Crippen LogP contribution in [0.4, 0.5) is 0 Å². The van der Waals surface area contributed by atoms with Gasteiger partial charge in [0, 0.05) is 33.6 Å². The van der Waals surface area contributed by atoms with Crippen molar-refractivity contribution in [1.82, 2.24) is 9.97 Å². The lowest BCUT2D eigenvalue weighted by molar-refractivity contribution is 0.597. The number of nitrogens with zero attached hydrogens (tertiary/aromatic N) is 2. The molecule has 0 unspecified atom stereocenters. The van der Waals surface area contributed by atoms with Gasteiger partial charge in [0.05, 0.1) is 49.6 Å². The van der Waals surface area contributed by atoms with Gasteiger partial charge in [-0.2, -0.15) is 0 Å². The van der Waals surface area contributed by atoms with Gasteiger partial charge in [0.1, 0.15) is 11.5 Å². The van der Waals surface area contributed by atoms with Gasteiger partial charge in [-0.05, 0) is 46.1 Å². The quantitative estimate of drug-likeness (QED) is 0.205. The van der Waals surface area contributed by atoms with Crippen LogP contribution >= 0.6 is 0 Å². The molecule has 3 nitrogen and oxygen atoms in total. The molecule has 0 aliphatic carbocycles. The van der Waals surface area contributed by atoms with Crippen LogP contribution in [0.25, 0.3) is 77.6 Å². The van der Waals surface area contributed by atoms with Crippen LogP contribution in [0.5, 0.6) is 0 Å². The van der Waals surface area contributed by atoms with Crippen LogP contribution in [0.1, 0.15) is 32.9 Å². The van der Waals surface area contributed by atoms with Crippen molar-refractivity contribution in [1.29, 1.82) is 0 Å². The van der Waals surface area contributed by atoms with E-state index in [-0.39, 0.29) is 0 Å². The molecule has 0 aliphatic rings. The summed E-state index contributed by atoms with van der Waals surface area (Å²) >= 11 is 0. The van der Waals surface area contributed by atoms with Crippen LogP contribution < -0.4 is 0 Å². The summed E-state index contributed by atoms with van der Waals surface area (Å²) in [5.74, 6) is -1.50. The van der Waals surface area contributed by atoms with Gasteiger partial charge in [0.25, 0.3) is 0 Å². The molecule has 0 fully saturated rings. The Hall–Kier alpha value is -5.54. The van der Waals surface area contributed by atoms with E-state index in [0.717, 1.165) is 0 Å². The summed E-state index contributed by atoms with van der Waals surface area (Å²) in [6, 6.07) is -19.6. The average Bonchev–Trinajstić information content (AvgIpc) is 3.55. The standard InChI is InChI=1S/C38H24N2O/c1-2-7-26(8-3-1)35-22-23-36(41-35)27-14-12-25(13-15-27)30-19-20-33(32-11-5-4-10-31(30)32)34-21-18-29-17-16-28-9-6-24-39-37(28)38(29)40-34/h1-24H/i1D,2D,3D,4D,5D,6D,7D,8D,9D,10D,11D,12D,13D,14D,15D,16D,17D,18D,19D,20D,21D,22D,23D,24D. The highest BCUT2D eigenvalue weighted by molar-refractivity contribution is 6.07. The van der Waals surface area contributed by atoms with Crippen molar-refractivity contribution in [3.8, 4) is 45.0 Å². The van der Waals surface area contributed by atoms with Gasteiger partial charge in [0.2, 0.25) is 0 Å². The number of hydrogen-bond acceptors (Lipinski definition) is 3. The average molecular weight is 549 g/mol. The predicted molar refractivity (Wildman–Crippen MR) is 169 cm³/mol. The number of pyridine rings is 2. The zero-order chi connectivity index (χ0) is 48.1. The smallest absolute Gasteiger partial charge is 0.134 e. The van der Waals surface area contributed by atoms with Gasteiger partial charge in [-0.15, -0.1) is 0 Å². The maximum atomic E-state index is 9.31. The summed E-state index contributed by atoms with van der Waals surface area (Å²) in [5, 5.41) is -2.15. The Morgan fingerprint density at radius 2 is 1.07 bits per heavy atom. The van der Waals surface area contributed by atoms with E-state index in [4.69, 9.17) is 34.6 Å². The van der Waals surface area contributed by atoms with Gasteiger partial charge >= 0.3 is 0 Å². The van der Waals surface area contributed by atoms with Crippen LogP contribution in [-0.2, 0) is 0 Å². The van der Waals surface area contributed by atoms with E-state index in [1.807, 2.05) is 0 Å². The van der Waals surface area contributed by atoms with Gasteiger partial charge in [-0.25, -0.2) is 4.98 Å². The predicted octanol–water partition coefficient (Wildman–Crippen LogP) is 10.2. The molecule has 3 heterocycles. The summed E-state index contributed by atoms with van der Waals surface area (Å²) in [6.45, 7) is 0. The van der Waals surface area contributed by atoms with Crippen molar-refractivity contribution in [3.05, 3.63) is 145 Å². The fourth-order valence-corrected chi connectivity index (χ4v) is 4.14. The first-order chi connectivity index (χ1) is 30.3. The van der Waals surface area contributed by atoms with Crippen molar-refractivity contribution in [2.24, 2.45) is 0 Å². The zero-order valence-corrected chi connectivity index (χ0v) is 20.3. The van der Waals surface area contributed by atoms with Gasteiger partial charge < -0.3 is 4.42 Å². The second-order valence-corrected chi connectivity index (χ2v) is 8.39. The van der Waals surface area contributed by atoms with Crippen molar-refractivity contribution in [2.45, 2.75) is 0 Å². The molecule has 0 aliphatic heterocycles. The second-order valence-electron chi connectivity index (χ2n) is 8.39. The van der Waals surface area contributed by atoms with E-state index < -0.39 is 223 Å². The summed E-state index contributed by atoms with van der Waals surface area (Å²) in [4.78, 5) is 8.40. The van der Waals surface area contributed by atoms with Crippen molar-refractivity contribution in [2.75, 3.05) is 0 Å². The van der Waals surface area contributed by atoms with Crippen LogP contribution in [0.2, 0.25) is 0 Å². The topological polar surface area (TPSA) is 38.9 Å². The van der Waals surface area contributed by atoms with Crippen LogP contribution in [0.3, 0.4) is 0 Å². The second kappa shape index (κ2) is 9.58. The Bertz CT molecular complexity index is 3490. The summed E-state index contributed by atoms with van der Waals surface area (Å²) in [6.07, 6.45) is -0.740. The lowest BCUT2D eigenvalue weighted by Crippen LogP contribution is -1.91. The first kappa shape index (κ1) is 9.53. The lowest BCUT2D eigenvalue weighted by atomic mass is 9.93. The fourth-order valence-electron chi connectivity index (χ4n) is 4.14. The van der Waals surface area contributed by atoms with E-state index >= 15 is 0 Å². The van der Waals surface area contributed by atoms with Crippen LogP contribution in [0.15, 0.2) is 150 Å². The minimum Gasteiger partial charge on any atom is -0.456 e. The third kappa shape index (κ3) is 4.07. The number of fused-ring (bicyclic) bond motifs is 4. The van der Waals surface area contributed by atoms with E-state index in [1.165, 1.54) is 0 Å². The highest BCUT2D eigenvalue weighted by Crippen LogP contribution is 2.37. The number of hydrogen-bond donors (Lipinski definition) is 0. The van der Waals surface area contributed by atoms with E-state index in [0.29, 0.717) is 0 Å². The SMILES string of the molecule is [2H]c1nc2c(c([2H])c1[2H])c([2H])c([2H])c1c([2H])c([2H])c(-c3c([2H])c([2H])c(-c4c([2H])c([2H])c(-c5oc(-c6c([2H])c([2H])c([2H])c([2H])c6[2H])c([2H])c5[2H])c([2H])c4[2H])c4c([2H])c([2H])c([2H])c([2H])c34)nc12. The van der Waals surface area contributed by atoms with Crippen LogP contribution in [0, 0.1) is 0 Å². The van der Waals surface area contributed by atoms with Crippen molar-refractivity contribution < 1.29 is 37.3 Å². The Morgan fingerprint density at radius 1 is 0.463 bits per heavy atom. The molecule has 8 rings (SSSR count). The number of rotatable bonds is 4. The highest BCUT2D eigenvalue weighted by atomic mass is 16.3. The summed E-state index contributed by atoms with van der Waals surface area (Å²) < 4.78 is 213. The molecule has 41 heavy (non-hydrogen) atoms. The molecule has 0 saturated carbocycles. The largest absolute Gasteiger partial charge is 0.456 e. The molecule has 0 spiro atoms. The molecule has 0 N–H and O–H groups in total. The molecule has 0 amide bonds. The molecule has 5 aromatic carbocycles. The first-order valence-corrected chi connectivity index (χ1v) is 11.8. The Balaban J connectivity index is 1.47. The molecule has 0 bridgehead atoms. The van der Waals surface area contributed by atoms with Gasteiger partial charge in [-0.1, -0.05) is 115 Å². The molecule has 8 aromatic rings. The van der Waals surface area contributed by atoms with Crippen molar-refractivity contribution in [3.63, 3.8) is 0 Å². The van der Waals surface area contributed by atoms with E-state index in [2.05, 4.69) is 9.97 Å². The van der Waals surface area contributed by atoms with Crippen LogP contribution in [-0.4, -0.2) is 9.97 Å². The van der Waals surface area contributed by atoms with Crippen molar-refractivity contribution >= 4 is 32.6 Å². The minimum absolute atomic E-state index is 0.406. The summed E-state index contributed by atoms with van der Waals surface area (Å²) in [7, 11) is 0. The Morgan fingerprint density at radius 3 is 1.85 bits per heavy atom. The Labute approximate surface area is 271 Å². The maximum absolute atomic E-state index is 9.31. The number of furan rings is 1. The normalized spacial score (nSPS) is 19.6. The molecule has 0 saturated heterocycles. The third-order valence-corrected chi connectivity index (χ3v) is 6.01. The highest BCUT2D eigenvalue weighted by Gasteiger charge is 2.13. The molecule has 3 heteroatoms. The minimum atomic E-state index is -1.00. The zero-order valence-electron chi connectivity index (χ0n) is 44.3. The summed E-state index contributed by atoms with van der Waals surface area (Å²) in [5.41, 5.74) is -5.09. The Kier molecular flexibility index (Phi) is 2.23. The number of benzene rings is 5. The molecular weight excluding hydrogens is 500 g/mol. The molecule has 3 aromatic heterocycles. The third-order valence-electron chi connectivity index (χ3n) is 6.01. The van der Waals surface area contributed by atoms with Gasteiger partial charge in [-0.3, -0.25) is 4.98 Å². The molecule has 0 radical (unpaired) electrons. The molecule has 192 valence electrons. The lowest BCUT2D eigenvalue weighted by Gasteiger charge is -2.13. The molecule has 0 atom stereocenters. The monoisotopic (exact) mass is 548 g/mol. The maximum Gasteiger partial charge on any atom is 0.134 e. The van der Waals surface area contributed by atoms with Gasteiger partial charge in [0.15, 0.2) is 0 Å². The van der Waals surface area contributed by atoms with E-state index in [9.17, 15) is 2.74 Å².